The number of benzene rings is 2. The number of amides is 1. The van der Waals surface area contributed by atoms with Gasteiger partial charge in [0.2, 0.25) is 5.91 Å². The summed E-state index contributed by atoms with van der Waals surface area (Å²) in [5.74, 6) is -0.853. The number of methoxy groups -OCH3 is 1. The maximum atomic E-state index is 12.8. The summed E-state index contributed by atoms with van der Waals surface area (Å²) in [5, 5.41) is 8.01. The van der Waals surface area contributed by atoms with Crippen molar-refractivity contribution in [1.82, 2.24) is 9.78 Å². The minimum Gasteiger partial charge on any atom is -0.469 e. The molecule has 0 aliphatic rings. The van der Waals surface area contributed by atoms with Crippen LogP contribution in [0.25, 0.3) is 10.8 Å². The largest absolute Gasteiger partial charge is 0.469 e. The van der Waals surface area contributed by atoms with Gasteiger partial charge in [-0.15, -0.1) is 0 Å². The molecule has 0 spiro atoms. The van der Waals surface area contributed by atoms with E-state index in [-0.39, 0.29) is 24.3 Å². The number of carbonyl (C=O) groups is 2. The number of esters is 1. The second-order valence-corrected chi connectivity index (χ2v) is 8.08. The molecular formula is C23H25N3O4. The lowest BCUT2D eigenvalue weighted by Gasteiger charge is -2.19. The normalized spacial score (nSPS) is 11.3. The number of nitrogens with zero attached hydrogens (tertiary/aromatic N) is 2. The van der Waals surface area contributed by atoms with Crippen LogP contribution in [0.3, 0.4) is 0 Å². The van der Waals surface area contributed by atoms with Gasteiger partial charge in [-0.2, -0.15) is 5.10 Å². The fourth-order valence-corrected chi connectivity index (χ4v) is 3.14. The summed E-state index contributed by atoms with van der Waals surface area (Å²) >= 11 is 0. The Morgan fingerprint density at radius 3 is 2.27 bits per heavy atom. The quantitative estimate of drug-likeness (QED) is 0.657. The Morgan fingerprint density at radius 1 is 1.03 bits per heavy atom. The third kappa shape index (κ3) is 4.74. The number of ether oxygens (including phenoxy) is 1. The summed E-state index contributed by atoms with van der Waals surface area (Å²) in [7, 11) is 1.29. The van der Waals surface area contributed by atoms with Gasteiger partial charge in [-0.05, 0) is 29.2 Å². The lowest BCUT2D eigenvalue weighted by Crippen LogP contribution is -2.31. The third-order valence-electron chi connectivity index (χ3n) is 4.81. The first-order valence-electron chi connectivity index (χ1n) is 9.65. The highest BCUT2D eigenvalue weighted by Crippen LogP contribution is 2.23. The van der Waals surface area contributed by atoms with Crippen LogP contribution < -0.4 is 10.9 Å². The zero-order valence-electron chi connectivity index (χ0n) is 17.6. The van der Waals surface area contributed by atoms with Crippen LogP contribution in [0.2, 0.25) is 0 Å². The molecule has 1 N–H and O–H groups in total. The van der Waals surface area contributed by atoms with Crippen molar-refractivity contribution >= 4 is 28.3 Å². The average molecular weight is 407 g/mol. The number of aromatic nitrogens is 2. The van der Waals surface area contributed by atoms with Gasteiger partial charge in [0.1, 0.15) is 6.54 Å². The zero-order valence-corrected chi connectivity index (χ0v) is 17.6. The lowest BCUT2D eigenvalue weighted by molar-refractivity contribution is -0.139. The number of nitrogens with one attached hydrogen (secondary N) is 1. The molecular weight excluding hydrogens is 382 g/mol. The molecule has 1 amide bonds. The first-order chi connectivity index (χ1) is 14.2. The van der Waals surface area contributed by atoms with Gasteiger partial charge in [-0.3, -0.25) is 14.4 Å². The molecule has 0 radical (unpaired) electrons. The van der Waals surface area contributed by atoms with Gasteiger partial charge in [-0.25, -0.2) is 4.68 Å². The number of hydrogen-bond acceptors (Lipinski definition) is 5. The molecule has 30 heavy (non-hydrogen) atoms. The summed E-state index contributed by atoms with van der Waals surface area (Å²) < 4.78 is 5.80. The molecule has 0 saturated heterocycles. The highest BCUT2D eigenvalue weighted by Gasteiger charge is 2.16. The Hall–Kier alpha value is -3.48. The highest BCUT2D eigenvalue weighted by molar-refractivity contribution is 5.91. The third-order valence-corrected chi connectivity index (χ3v) is 4.81. The van der Waals surface area contributed by atoms with Crippen LogP contribution >= 0.6 is 0 Å². The fourth-order valence-electron chi connectivity index (χ4n) is 3.14. The zero-order chi connectivity index (χ0) is 21.9. The molecule has 0 unspecified atom stereocenters. The molecule has 3 rings (SSSR count). The van der Waals surface area contributed by atoms with Gasteiger partial charge in [0.15, 0.2) is 0 Å². The maximum Gasteiger partial charge on any atom is 0.311 e. The Bertz CT molecular complexity index is 1140. The van der Waals surface area contributed by atoms with E-state index in [1.807, 2.05) is 24.3 Å². The van der Waals surface area contributed by atoms with E-state index in [1.54, 1.807) is 24.3 Å². The van der Waals surface area contributed by atoms with Crippen LogP contribution in [-0.4, -0.2) is 28.8 Å². The van der Waals surface area contributed by atoms with Crippen LogP contribution in [-0.2, 0) is 32.7 Å². The summed E-state index contributed by atoms with van der Waals surface area (Å²) in [6.07, 6.45) is -0.0901. The van der Waals surface area contributed by atoms with Crippen molar-refractivity contribution in [2.75, 3.05) is 12.4 Å². The summed E-state index contributed by atoms with van der Waals surface area (Å²) in [4.78, 5) is 37.1. The molecule has 0 atom stereocenters. The number of carbonyl (C=O) groups excluding carboxylic acids is 2. The van der Waals surface area contributed by atoms with Crippen molar-refractivity contribution in [3.05, 3.63) is 70.1 Å². The minimum absolute atomic E-state index is 0.0148. The Morgan fingerprint density at radius 2 is 1.67 bits per heavy atom. The van der Waals surface area contributed by atoms with E-state index in [1.165, 1.54) is 7.11 Å². The van der Waals surface area contributed by atoms with Crippen LogP contribution in [0.4, 0.5) is 5.69 Å². The van der Waals surface area contributed by atoms with E-state index in [0.717, 1.165) is 10.2 Å². The molecule has 1 aromatic heterocycles. The van der Waals surface area contributed by atoms with Gasteiger partial charge < -0.3 is 10.1 Å². The van der Waals surface area contributed by atoms with Gasteiger partial charge in [0.25, 0.3) is 5.56 Å². The first-order valence-corrected chi connectivity index (χ1v) is 9.65. The molecule has 0 saturated carbocycles. The topological polar surface area (TPSA) is 90.3 Å². The van der Waals surface area contributed by atoms with Gasteiger partial charge in [0, 0.05) is 11.1 Å². The van der Waals surface area contributed by atoms with Crippen LogP contribution in [0, 0.1) is 0 Å². The lowest BCUT2D eigenvalue weighted by atomic mass is 9.87. The first kappa shape index (κ1) is 21.2. The van der Waals surface area contributed by atoms with Gasteiger partial charge >= 0.3 is 5.97 Å². The number of anilines is 1. The maximum absolute atomic E-state index is 12.8. The van der Waals surface area contributed by atoms with Gasteiger partial charge in [0.05, 0.1) is 24.6 Å². The minimum atomic E-state index is -0.471. The molecule has 0 bridgehead atoms. The molecule has 0 aliphatic carbocycles. The summed E-state index contributed by atoms with van der Waals surface area (Å²) in [5.41, 5.74) is 1.80. The van der Waals surface area contributed by atoms with E-state index in [0.29, 0.717) is 22.2 Å². The van der Waals surface area contributed by atoms with Crippen LogP contribution in [0.1, 0.15) is 32.0 Å². The summed E-state index contributed by atoms with van der Waals surface area (Å²) in [6, 6.07) is 14.5. The van der Waals surface area contributed by atoms with Crippen molar-refractivity contribution in [1.29, 1.82) is 0 Å². The fraction of sp³-hybridized carbons (Fsp3) is 0.304. The molecule has 7 nitrogen and oxygen atoms in total. The van der Waals surface area contributed by atoms with E-state index in [2.05, 4.69) is 31.2 Å². The second kappa shape index (κ2) is 8.49. The van der Waals surface area contributed by atoms with Crippen molar-refractivity contribution in [2.45, 2.75) is 39.2 Å². The predicted octanol–water partition coefficient (Wildman–Crippen LogP) is 3.05. The molecule has 3 aromatic rings. The Labute approximate surface area is 174 Å². The number of rotatable bonds is 5. The van der Waals surface area contributed by atoms with Crippen molar-refractivity contribution in [3.63, 3.8) is 0 Å². The molecule has 2 aromatic carbocycles. The number of fused-ring (bicyclic) bond motifs is 1. The van der Waals surface area contributed by atoms with E-state index >= 15 is 0 Å². The predicted molar refractivity (Wildman–Crippen MR) is 115 cm³/mol. The van der Waals surface area contributed by atoms with Crippen LogP contribution in [0.5, 0.6) is 0 Å². The van der Waals surface area contributed by atoms with E-state index in [9.17, 15) is 14.4 Å². The molecule has 156 valence electrons. The molecule has 0 fully saturated rings. The monoisotopic (exact) mass is 407 g/mol. The van der Waals surface area contributed by atoms with Crippen molar-refractivity contribution < 1.29 is 14.3 Å². The molecule has 1 heterocycles. The SMILES string of the molecule is COC(=O)Cc1nn(CC(=O)Nc2ccc(C(C)(C)C)cc2)c(=O)c2ccccc12. The highest BCUT2D eigenvalue weighted by atomic mass is 16.5. The van der Waals surface area contributed by atoms with Crippen molar-refractivity contribution in [2.24, 2.45) is 0 Å². The smallest absolute Gasteiger partial charge is 0.311 e. The standard InChI is InChI=1S/C23H25N3O4/c1-23(2,3)15-9-11-16(12-10-15)24-20(27)14-26-22(29)18-8-6-5-7-17(18)19(25-26)13-21(28)30-4/h5-12H,13-14H2,1-4H3,(H,24,27). The molecule has 0 aliphatic heterocycles. The van der Waals surface area contributed by atoms with E-state index in [4.69, 9.17) is 4.74 Å². The Kier molecular flexibility index (Phi) is 6.01. The molecule has 7 heteroatoms. The van der Waals surface area contributed by atoms with E-state index < -0.39 is 11.5 Å². The van der Waals surface area contributed by atoms with Crippen LogP contribution in [0.15, 0.2) is 53.3 Å². The van der Waals surface area contributed by atoms with Gasteiger partial charge in [-0.1, -0.05) is 51.1 Å². The number of hydrogen-bond donors (Lipinski definition) is 1. The summed E-state index contributed by atoms with van der Waals surface area (Å²) in [6.45, 7) is 6.08. The second-order valence-electron chi connectivity index (χ2n) is 8.08. The average Bonchev–Trinajstić information content (AvgIpc) is 2.71. The van der Waals surface area contributed by atoms with Crippen molar-refractivity contribution in [3.8, 4) is 0 Å². The Balaban J connectivity index is 1.86.